The van der Waals surface area contributed by atoms with Crippen molar-refractivity contribution in [3.05, 3.63) is 0 Å². The first-order valence-electron chi connectivity index (χ1n) is 6.11. The predicted octanol–water partition coefficient (Wildman–Crippen LogP) is 1.99. The molecule has 1 saturated heterocycles. The summed E-state index contributed by atoms with van der Waals surface area (Å²) < 4.78 is 0. The van der Waals surface area contributed by atoms with Crippen LogP contribution in [0.3, 0.4) is 0 Å². The lowest BCUT2D eigenvalue weighted by molar-refractivity contribution is 0.0837. The summed E-state index contributed by atoms with van der Waals surface area (Å²) in [6, 6.07) is 1.05. The summed E-state index contributed by atoms with van der Waals surface area (Å²) in [7, 11) is 0. The van der Waals surface area contributed by atoms with E-state index >= 15 is 0 Å². The second-order valence-corrected chi connectivity index (χ2v) is 5.72. The summed E-state index contributed by atoms with van der Waals surface area (Å²) in [4.78, 5) is 2.63. The van der Waals surface area contributed by atoms with Crippen LogP contribution in [0.4, 0.5) is 0 Å². The van der Waals surface area contributed by atoms with Crippen molar-refractivity contribution in [2.45, 2.75) is 58.0 Å². The zero-order valence-electron chi connectivity index (χ0n) is 9.63. The number of likely N-dealkylation sites (tertiary alicyclic amines) is 1. The monoisotopic (exact) mass is 196 g/mol. The highest BCUT2D eigenvalue weighted by atomic mass is 15.2. The third-order valence-electron chi connectivity index (χ3n) is 4.25. The molecule has 2 unspecified atom stereocenters. The van der Waals surface area contributed by atoms with E-state index in [4.69, 9.17) is 5.73 Å². The largest absolute Gasteiger partial charge is 0.326 e. The SMILES string of the molecule is CC1(C)CCCC(N2CCCC2)C1N. The van der Waals surface area contributed by atoms with Crippen LogP contribution in [0, 0.1) is 5.41 Å². The van der Waals surface area contributed by atoms with E-state index < -0.39 is 0 Å². The molecule has 14 heavy (non-hydrogen) atoms. The lowest BCUT2D eigenvalue weighted by Gasteiger charge is -2.45. The summed E-state index contributed by atoms with van der Waals surface area (Å²) in [6.07, 6.45) is 6.75. The Labute approximate surface area is 87.8 Å². The maximum atomic E-state index is 6.39. The van der Waals surface area contributed by atoms with Gasteiger partial charge in [-0.3, -0.25) is 4.90 Å². The Morgan fingerprint density at radius 2 is 1.79 bits per heavy atom. The van der Waals surface area contributed by atoms with Crippen LogP contribution in [-0.4, -0.2) is 30.1 Å². The molecule has 1 aliphatic heterocycles. The Hall–Kier alpha value is -0.0800. The van der Waals surface area contributed by atoms with Crippen molar-refractivity contribution in [1.82, 2.24) is 4.90 Å². The van der Waals surface area contributed by atoms with Gasteiger partial charge in [-0.15, -0.1) is 0 Å². The summed E-state index contributed by atoms with van der Waals surface area (Å²) in [6.45, 7) is 7.24. The smallest absolute Gasteiger partial charge is 0.0252 e. The van der Waals surface area contributed by atoms with Crippen LogP contribution in [0.5, 0.6) is 0 Å². The van der Waals surface area contributed by atoms with Crippen LogP contribution in [0.25, 0.3) is 0 Å². The Balaban J connectivity index is 2.03. The Bertz CT molecular complexity index is 194. The maximum absolute atomic E-state index is 6.39. The molecular weight excluding hydrogens is 172 g/mol. The topological polar surface area (TPSA) is 29.3 Å². The standard InChI is InChI=1S/C12H24N2/c1-12(2)7-5-6-10(11(12)13)14-8-3-4-9-14/h10-11H,3-9,13H2,1-2H3. The minimum atomic E-state index is 0.353. The lowest BCUT2D eigenvalue weighted by Crippen LogP contribution is -2.56. The molecule has 2 aliphatic rings. The molecule has 0 aromatic heterocycles. The molecule has 0 aromatic rings. The third-order valence-corrected chi connectivity index (χ3v) is 4.25. The van der Waals surface area contributed by atoms with Gasteiger partial charge in [0.15, 0.2) is 0 Å². The van der Waals surface area contributed by atoms with Crippen molar-refractivity contribution in [2.24, 2.45) is 11.1 Å². The zero-order chi connectivity index (χ0) is 10.2. The Morgan fingerprint density at radius 3 is 2.43 bits per heavy atom. The second kappa shape index (κ2) is 3.82. The molecule has 1 heterocycles. The zero-order valence-corrected chi connectivity index (χ0v) is 9.63. The molecule has 82 valence electrons. The van der Waals surface area contributed by atoms with E-state index in [0.717, 1.165) is 0 Å². The van der Waals surface area contributed by atoms with E-state index in [1.54, 1.807) is 0 Å². The van der Waals surface area contributed by atoms with Gasteiger partial charge < -0.3 is 5.73 Å². The van der Waals surface area contributed by atoms with Gasteiger partial charge in [0, 0.05) is 12.1 Å². The number of nitrogens with two attached hydrogens (primary N) is 1. The number of rotatable bonds is 1. The van der Waals surface area contributed by atoms with E-state index in [9.17, 15) is 0 Å². The quantitative estimate of drug-likeness (QED) is 0.695. The maximum Gasteiger partial charge on any atom is 0.0252 e. The molecule has 1 aliphatic carbocycles. The highest BCUT2D eigenvalue weighted by molar-refractivity contribution is 4.96. The normalized spacial score (nSPS) is 38.8. The third kappa shape index (κ3) is 1.82. The summed E-state index contributed by atoms with van der Waals surface area (Å²) in [5, 5.41) is 0. The first-order chi connectivity index (χ1) is 6.61. The highest BCUT2D eigenvalue weighted by Crippen LogP contribution is 2.37. The predicted molar refractivity (Wildman–Crippen MR) is 60.2 cm³/mol. The van der Waals surface area contributed by atoms with Crippen LogP contribution in [0.15, 0.2) is 0 Å². The molecule has 0 aromatic carbocycles. The molecule has 1 saturated carbocycles. The van der Waals surface area contributed by atoms with Crippen LogP contribution in [0.2, 0.25) is 0 Å². The van der Waals surface area contributed by atoms with Crippen LogP contribution in [0.1, 0.15) is 46.0 Å². The molecule has 2 atom stereocenters. The van der Waals surface area contributed by atoms with E-state index in [1.807, 2.05) is 0 Å². The van der Waals surface area contributed by atoms with Gasteiger partial charge in [-0.25, -0.2) is 0 Å². The minimum Gasteiger partial charge on any atom is -0.326 e. The average Bonchev–Trinajstić information content (AvgIpc) is 2.62. The Kier molecular flexibility index (Phi) is 2.85. The van der Waals surface area contributed by atoms with Gasteiger partial charge >= 0.3 is 0 Å². The number of hydrogen-bond donors (Lipinski definition) is 1. The van der Waals surface area contributed by atoms with Gasteiger partial charge in [-0.2, -0.15) is 0 Å². The molecule has 0 amide bonds. The molecule has 2 N–H and O–H groups in total. The van der Waals surface area contributed by atoms with Gasteiger partial charge in [-0.05, 0) is 44.2 Å². The van der Waals surface area contributed by atoms with Gasteiger partial charge in [0.2, 0.25) is 0 Å². The molecular formula is C12H24N2. The molecule has 2 rings (SSSR count). The van der Waals surface area contributed by atoms with Crippen molar-refractivity contribution in [2.75, 3.05) is 13.1 Å². The van der Waals surface area contributed by atoms with Gasteiger partial charge in [0.25, 0.3) is 0 Å². The van der Waals surface area contributed by atoms with Crippen LogP contribution < -0.4 is 5.73 Å². The van der Waals surface area contributed by atoms with Crippen molar-refractivity contribution >= 4 is 0 Å². The fraction of sp³-hybridized carbons (Fsp3) is 1.00. The van der Waals surface area contributed by atoms with Crippen molar-refractivity contribution in [3.8, 4) is 0 Å². The first kappa shape index (κ1) is 10.4. The first-order valence-corrected chi connectivity index (χ1v) is 6.11. The lowest BCUT2D eigenvalue weighted by atomic mass is 9.71. The molecule has 0 radical (unpaired) electrons. The summed E-state index contributed by atoms with van der Waals surface area (Å²) in [5.74, 6) is 0. The van der Waals surface area contributed by atoms with Gasteiger partial charge in [0.05, 0.1) is 0 Å². The molecule has 0 bridgehead atoms. The van der Waals surface area contributed by atoms with E-state index in [-0.39, 0.29) is 0 Å². The van der Waals surface area contributed by atoms with Crippen LogP contribution in [-0.2, 0) is 0 Å². The number of nitrogens with zero attached hydrogens (tertiary/aromatic N) is 1. The minimum absolute atomic E-state index is 0.353. The molecule has 2 fully saturated rings. The van der Waals surface area contributed by atoms with E-state index in [2.05, 4.69) is 18.7 Å². The molecule has 2 nitrogen and oxygen atoms in total. The Morgan fingerprint density at radius 1 is 1.14 bits per heavy atom. The molecule has 0 spiro atoms. The van der Waals surface area contributed by atoms with E-state index in [0.29, 0.717) is 17.5 Å². The summed E-state index contributed by atoms with van der Waals surface area (Å²) >= 11 is 0. The highest BCUT2D eigenvalue weighted by Gasteiger charge is 2.39. The van der Waals surface area contributed by atoms with E-state index in [1.165, 1.54) is 45.2 Å². The fourth-order valence-corrected chi connectivity index (χ4v) is 3.12. The average molecular weight is 196 g/mol. The van der Waals surface area contributed by atoms with Crippen molar-refractivity contribution in [3.63, 3.8) is 0 Å². The summed E-state index contributed by atoms with van der Waals surface area (Å²) in [5.41, 5.74) is 6.75. The van der Waals surface area contributed by atoms with Crippen molar-refractivity contribution < 1.29 is 0 Å². The van der Waals surface area contributed by atoms with Crippen molar-refractivity contribution in [1.29, 1.82) is 0 Å². The molecule has 2 heteroatoms. The second-order valence-electron chi connectivity index (χ2n) is 5.72. The van der Waals surface area contributed by atoms with Gasteiger partial charge in [-0.1, -0.05) is 20.3 Å². The van der Waals surface area contributed by atoms with Crippen LogP contribution >= 0.6 is 0 Å². The fourth-order valence-electron chi connectivity index (χ4n) is 3.12. The van der Waals surface area contributed by atoms with Gasteiger partial charge in [0.1, 0.15) is 0 Å². The number of hydrogen-bond acceptors (Lipinski definition) is 2.